The van der Waals surface area contributed by atoms with E-state index in [9.17, 15) is 14.4 Å². The maximum atomic E-state index is 14.1. The third-order valence-electron chi connectivity index (χ3n) is 8.10. The maximum Gasteiger partial charge on any atom is 0.310 e. The van der Waals surface area contributed by atoms with E-state index in [2.05, 4.69) is 16.4 Å². The standard InChI is InChI=1S/C35H35N5O4/c1-44-35(43)30-18-29(22-39(23-30)34(42)32(27-8-4-2-5-9-27)28-10-6-3-7-11-28)33(41)38-17-16-31-20-37-24-40(31)21-26-14-12-25(19-36)13-15-26/h2-15,20,24,29-30,32H,16-18,21-23H2,1H3,(H,38,41)/t29-,30+/m1/s1. The number of rotatable bonds is 10. The average molecular weight is 590 g/mol. The number of ether oxygens (including phenoxy) is 1. The summed E-state index contributed by atoms with van der Waals surface area (Å²) in [6.45, 7) is 1.38. The van der Waals surface area contributed by atoms with Crippen LogP contribution in [0.3, 0.4) is 0 Å². The summed E-state index contributed by atoms with van der Waals surface area (Å²) in [6, 6.07) is 28.6. The summed E-state index contributed by atoms with van der Waals surface area (Å²) in [6.07, 6.45) is 4.39. The number of benzene rings is 3. The number of nitrogens with one attached hydrogen (secondary N) is 1. The van der Waals surface area contributed by atoms with Crippen molar-refractivity contribution in [1.29, 1.82) is 5.26 Å². The van der Waals surface area contributed by atoms with Crippen molar-refractivity contribution in [2.45, 2.75) is 25.3 Å². The average Bonchev–Trinajstić information content (AvgIpc) is 3.51. The number of piperidine rings is 1. The minimum absolute atomic E-state index is 0.152. The molecular weight excluding hydrogens is 554 g/mol. The van der Waals surface area contributed by atoms with Crippen molar-refractivity contribution in [2.75, 3.05) is 26.7 Å². The van der Waals surface area contributed by atoms with Crippen molar-refractivity contribution in [3.05, 3.63) is 125 Å². The zero-order valence-corrected chi connectivity index (χ0v) is 24.6. The van der Waals surface area contributed by atoms with E-state index in [1.54, 1.807) is 29.6 Å². The molecule has 1 aliphatic rings. The lowest BCUT2D eigenvalue weighted by molar-refractivity contribution is -0.151. The zero-order valence-electron chi connectivity index (χ0n) is 24.6. The number of carbonyl (C=O) groups is 3. The fourth-order valence-electron chi connectivity index (χ4n) is 5.80. The highest BCUT2D eigenvalue weighted by Gasteiger charge is 2.39. The molecule has 0 radical (unpaired) electrons. The second-order valence-corrected chi connectivity index (χ2v) is 11.0. The van der Waals surface area contributed by atoms with Crippen LogP contribution in [0, 0.1) is 23.2 Å². The highest BCUT2D eigenvalue weighted by molar-refractivity contribution is 5.89. The van der Waals surface area contributed by atoms with E-state index in [1.807, 2.05) is 77.4 Å². The molecule has 2 amide bonds. The van der Waals surface area contributed by atoms with Gasteiger partial charge in [0.1, 0.15) is 0 Å². The van der Waals surface area contributed by atoms with Crippen LogP contribution in [0.1, 0.15) is 40.3 Å². The summed E-state index contributed by atoms with van der Waals surface area (Å²) in [5, 5.41) is 12.1. The number of hydrogen-bond donors (Lipinski definition) is 1. The number of carbonyl (C=O) groups excluding carboxylic acids is 3. The third-order valence-corrected chi connectivity index (χ3v) is 8.10. The predicted octanol–water partition coefficient (Wildman–Crippen LogP) is 3.93. The first-order valence-electron chi connectivity index (χ1n) is 14.7. The molecule has 1 aromatic heterocycles. The number of amides is 2. The number of hydrogen-bond acceptors (Lipinski definition) is 6. The first-order valence-corrected chi connectivity index (χ1v) is 14.7. The molecule has 5 rings (SSSR count). The molecule has 224 valence electrons. The van der Waals surface area contributed by atoms with Crippen LogP contribution in [0.5, 0.6) is 0 Å². The number of aromatic nitrogens is 2. The summed E-state index contributed by atoms with van der Waals surface area (Å²) in [7, 11) is 1.33. The first-order chi connectivity index (χ1) is 21.5. The van der Waals surface area contributed by atoms with E-state index in [4.69, 9.17) is 10.00 Å². The lowest BCUT2D eigenvalue weighted by Crippen LogP contribution is -2.51. The minimum Gasteiger partial charge on any atom is -0.469 e. The smallest absolute Gasteiger partial charge is 0.310 e. The number of esters is 1. The molecular formula is C35H35N5O4. The Hall–Kier alpha value is -5.23. The number of methoxy groups -OCH3 is 1. The molecule has 0 bridgehead atoms. The second-order valence-electron chi connectivity index (χ2n) is 11.0. The van der Waals surface area contributed by atoms with Crippen LogP contribution in [-0.2, 0) is 32.1 Å². The largest absolute Gasteiger partial charge is 0.469 e. The summed E-state index contributed by atoms with van der Waals surface area (Å²) in [4.78, 5) is 46.2. The van der Waals surface area contributed by atoms with Gasteiger partial charge >= 0.3 is 5.97 Å². The van der Waals surface area contributed by atoms with Crippen molar-refractivity contribution in [1.82, 2.24) is 19.8 Å². The van der Waals surface area contributed by atoms with Gasteiger partial charge in [-0.25, -0.2) is 4.98 Å². The van der Waals surface area contributed by atoms with Gasteiger partial charge in [-0.15, -0.1) is 0 Å². The molecule has 4 aromatic rings. The van der Waals surface area contributed by atoms with E-state index < -0.39 is 23.7 Å². The molecule has 0 spiro atoms. The monoisotopic (exact) mass is 589 g/mol. The Morgan fingerprint density at radius 1 is 0.955 bits per heavy atom. The van der Waals surface area contributed by atoms with Crippen LogP contribution in [0.15, 0.2) is 97.5 Å². The molecule has 44 heavy (non-hydrogen) atoms. The number of likely N-dealkylation sites (tertiary alicyclic amines) is 1. The number of nitrogens with zero attached hydrogens (tertiary/aromatic N) is 4. The Morgan fingerprint density at radius 2 is 1.59 bits per heavy atom. The van der Waals surface area contributed by atoms with Crippen molar-refractivity contribution in [3.63, 3.8) is 0 Å². The Balaban J connectivity index is 1.26. The zero-order chi connectivity index (χ0) is 30.9. The van der Waals surface area contributed by atoms with E-state index in [1.165, 1.54) is 7.11 Å². The molecule has 1 saturated heterocycles. The van der Waals surface area contributed by atoms with Crippen LogP contribution in [0.2, 0.25) is 0 Å². The molecule has 2 atom stereocenters. The molecule has 3 aromatic carbocycles. The Morgan fingerprint density at radius 3 is 2.20 bits per heavy atom. The fraction of sp³-hybridized carbons (Fsp3) is 0.286. The molecule has 0 unspecified atom stereocenters. The van der Waals surface area contributed by atoms with Crippen LogP contribution in [0.25, 0.3) is 0 Å². The van der Waals surface area contributed by atoms with E-state index >= 15 is 0 Å². The Bertz CT molecular complexity index is 1570. The third kappa shape index (κ3) is 7.21. The molecule has 2 heterocycles. The van der Waals surface area contributed by atoms with Crippen LogP contribution in [-0.4, -0.2) is 59.0 Å². The molecule has 9 nitrogen and oxygen atoms in total. The van der Waals surface area contributed by atoms with Gasteiger partial charge in [-0.05, 0) is 35.2 Å². The molecule has 1 fully saturated rings. The van der Waals surface area contributed by atoms with Gasteiger partial charge in [0.15, 0.2) is 0 Å². The molecule has 1 aliphatic heterocycles. The van der Waals surface area contributed by atoms with Gasteiger partial charge in [0.25, 0.3) is 0 Å². The summed E-state index contributed by atoms with van der Waals surface area (Å²) >= 11 is 0. The lowest BCUT2D eigenvalue weighted by atomic mass is 9.85. The quantitative estimate of drug-likeness (QED) is 0.280. The summed E-state index contributed by atoms with van der Waals surface area (Å²) in [5.41, 5.74) is 4.30. The molecule has 9 heteroatoms. The second kappa shape index (κ2) is 14.3. The molecule has 0 saturated carbocycles. The van der Waals surface area contributed by atoms with Gasteiger partial charge in [0.05, 0.1) is 42.8 Å². The highest BCUT2D eigenvalue weighted by atomic mass is 16.5. The SMILES string of the molecule is COC(=O)[C@H]1C[C@@H](C(=O)NCCc2cncn2Cc2ccc(C#N)cc2)CN(C(=O)C(c2ccccc2)c2ccccc2)C1. The Labute approximate surface area is 257 Å². The number of nitriles is 1. The van der Waals surface area contributed by atoms with Gasteiger partial charge in [-0.3, -0.25) is 14.4 Å². The van der Waals surface area contributed by atoms with Gasteiger partial charge in [-0.2, -0.15) is 5.26 Å². The maximum absolute atomic E-state index is 14.1. The highest BCUT2D eigenvalue weighted by Crippen LogP contribution is 2.31. The van der Waals surface area contributed by atoms with Gasteiger partial charge < -0.3 is 19.5 Å². The van der Waals surface area contributed by atoms with Crippen LogP contribution >= 0.6 is 0 Å². The van der Waals surface area contributed by atoms with E-state index in [-0.39, 0.29) is 24.9 Å². The van der Waals surface area contributed by atoms with Crippen molar-refractivity contribution in [2.24, 2.45) is 11.8 Å². The van der Waals surface area contributed by atoms with E-state index in [0.717, 1.165) is 22.4 Å². The first kappa shape index (κ1) is 30.2. The molecule has 0 aliphatic carbocycles. The summed E-state index contributed by atoms with van der Waals surface area (Å²) < 4.78 is 7.06. The molecule has 1 N–H and O–H groups in total. The lowest BCUT2D eigenvalue weighted by Gasteiger charge is -2.38. The predicted molar refractivity (Wildman–Crippen MR) is 164 cm³/mol. The number of imidazole rings is 1. The topological polar surface area (TPSA) is 117 Å². The van der Waals surface area contributed by atoms with Crippen molar-refractivity contribution in [3.8, 4) is 6.07 Å². The minimum atomic E-state index is -0.602. The van der Waals surface area contributed by atoms with Crippen LogP contribution in [0.4, 0.5) is 0 Å². The van der Waals surface area contributed by atoms with E-state index in [0.29, 0.717) is 31.5 Å². The van der Waals surface area contributed by atoms with Crippen LogP contribution < -0.4 is 5.32 Å². The summed E-state index contributed by atoms with van der Waals surface area (Å²) in [5.74, 6) is -2.51. The van der Waals surface area contributed by atoms with Gasteiger partial charge in [0.2, 0.25) is 11.8 Å². The van der Waals surface area contributed by atoms with Gasteiger partial charge in [-0.1, -0.05) is 72.8 Å². The van der Waals surface area contributed by atoms with Gasteiger partial charge in [0, 0.05) is 44.5 Å². The van der Waals surface area contributed by atoms with Crippen molar-refractivity contribution < 1.29 is 19.1 Å². The normalized spacial score (nSPS) is 16.2. The Kier molecular flexibility index (Phi) is 9.82. The fourth-order valence-corrected chi connectivity index (χ4v) is 5.80. The van der Waals surface area contributed by atoms with Crippen molar-refractivity contribution >= 4 is 17.8 Å².